The third kappa shape index (κ3) is 4.32. The second-order valence-corrected chi connectivity index (χ2v) is 3.62. The van der Waals surface area contributed by atoms with Crippen molar-refractivity contribution in [3.8, 4) is 5.75 Å². The molecule has 3 heteroatoms. The van der Waals surface area contributed by atoms with Crippen LogP contribution in [0.4, 0.5) is 0 Å². The van der Waals surface area contributed by atoms with Crippen LogP contribution in [0.1, 0.15) is 0 Å². The molecule has 0 aliphatic carbocycles. The smallest absolute Gasteiger partial charge is 0.119 e. The van der Waals surface area contributed by atoms with E-state index in [0.29, 0.717) is 13.2 Å². The van der Waals surface area contributed by atoms with E-state index in [-0.39, 0.29) is 0 Å². The molecule has 0 bridgehead atoms. The highest BCUT2D eigenvalue weighted by molar-refractivity contribution is 5.20. The average Bonchev–Trinajstić information content (AvgIpc) is 3.09. The van der Waals surface area contributed by atoms with E-state index < -0.39 is 0 Å². The predicted octanol–water partition coefficient (Wildman–Crippen LogP) is 1.40. The largest absolute Gasteiger partial charge is 0.491 e. The van der Waals surface area contributed by atoms with Crippen molar-refractivity contribution in [1.29, 1.82) is 0 Å². The van der Waals surface area contributed by atoms with E-state index in [0.717, 1.165) is 18.9 Å². The first kappa shape index (κ1) is 10.5. The maximum Gasteiger partial charge on any atom is 0.119 e. The molecule has 0 unspecified atom stereocenters. The van der Waals surface area contributed by atoms with Crippen LogP contribution >= 0.6 is 0 Å². The average molecular weight is 207 g/mol. The molecule has 0 atom stereocenters. The van der Waals surface area contributed by atoms with Gasteiger partial charge in [-0.2, -0.15) is 0 Å². The molecule has 1 aromatic rings. The highest BCUT2D eigenvalue weighted by atomic mass is 16.5. The number of nitrogens with zero attached hydrogens (tertiary/aromatic N) is 1. The van der Waals surface area contributed by atoms with Crippen LogP contribution in [-0.4, -0.2) is 44.4 Å². The zero-order valence-electron chi connectivity index (χ0n) is 8.89. The van der Waals surface area contributed by atoms with E-state index in [1.165, 1.54) is 13.1 Å². The van der Waals surface area contributed by atoms with Gasteiger partial charge in [0, 0.05) is 19.6 Å². The van der Waals surface area contributed by atoms with Gasteiger partial charge in [-0.15, -0.1) is 0 Å². The minimum atomic E-state index is 0.629. The molecule has 0 radical (unpaired) electrons. The summed E-state index contributed by atoms with van der Waals surface area (Å²) >= 11 is 0. The Morgan fingerprint density at radius 3 is 2.53 bits per heavy atom. The molecule has 1 fully saturated rings. The Bertz CT molecular complexity index is 272. The van der Waals surface area contributed by atoms with Gasteiger partial charge in [-0.3, -0.25) is 4.90 Å². The Hall–Kier alpha value is -1.06. The van der Waals surface area contributed by atoms with Crippen molar-refractivity contribution >= 4 is 0 Å². The zero-order valence-corrected chi connectivity index (χ0v) is 8.89. The number of para-hydroxylation sites is 1. The summed E-state index contributed by atoms with van der Waals surface area (Å²) in [4.78, 5) is 2.35. The highest BCUT2D eigenvalue weighted by Crippen LogP contribution is 2.07. The van der Waals surface area contributed by atoms with E-state index in [2.05, 4.69) is 4.90 Å². The molecule has 1 heterocycles. The van der Waals surface area contributed by atoms with E-state index >= 15 is 0 Å². The SMILES string of the molecule is c1ccc(OCCOCCN2CC2)cc1. The van der Waals surface area contributed by atoms with Gasteiger partial charge in [-0.25, -0.2) is 0 Å². The minimum absolute atomic E-state index is 0.629. The summed E-state index contributed by atoms with van der Waals surface area (Å²) in [5.74, 6) is 0.909. The molecule has 2 rings (SSSR count). The van der Waals surface area contributed by atoms with Crippen molar-refractivity contribution in [1.82, 2.24) is 4.90 Å². The lowest BCUT2D eigenvalue weighted by Gasteiger charge is -2.06. The normalized spacial score (nSPS) is 15.2. The van der Waals surface area contributed by atoms with Crippen LogP contribution in [-0.2, 0) is 4.74 Å². The maximum absolute atomic E-state index is 5.49. The van der Waals surface area contributed by atoms with Crippen molar-refractivity contribution in [2.75, 3.05) is 39.5 Å². The van der Waals surface area contributed by atoms with Crippen molar-refractivity contribution < 1.29 is 9.47 Å². The Morgan fingerprint density at radius 1 is 1.00 bits per heavy atom. The lowest BCUT2D eigenvalue weighted by atomic mass is 10.3. The molecule has 1 saturated heterocycles. The third-order valence-electron chi connectivity index (χ3n) is 2.33. The Kier molecular flexibility index (Phi) is 4.00. The van der Waals surface area contributed by atoms with Crippen LogP contribution in [0.3, 0.4) is 0 Å². The van der Waals surface area contributed by atoms with E-state index in [4.69, 9.17) is 9.47 Å². The third-order valence-corrected chi connectivity index (χ3v) is 2.33. The second-order valence-electron chi connectivity index (χ2n) is 3.62. The molecular weight excluding hydrogens is 190 g/mol. The van der Waals surface area contributed by atoms with Gasteiger partial charge in [0.15, 0.2) is 0 Å². The van der Waals surface area contributed by atoms with Gasteiger partial charge in [0.25, 0.3) is 0 Å². The van der Waals surface area contributed by atoms with Gasteiger partial charge < -0.3 is 9.47 Å². The Morgan fingerprint density at radius 2 is 1.80 bits per heavy atom. The van der Waals surface area contributed by atoms with Gasteiger partial charge in [-0.05, 0) is 12.1 Å². The molecule has 0 spiro atoms. The van der Waals surface area contributed by atoms with E-state index in [9.17, 15) is 0 Å². The molecule has 1 aliphatic rings. The molecule has 3 nitrogen and oxygen atoms in total. The topological polar surface area (TPSA) is 21.5 Å². The summed E-state index contributed by atoms with van der Waals surface area (Å²) in [6.45, 7) is 5.66. The van der Waals surface area contributed by atoms with Crippen molar-refractivity contribution in [3.63, 3.8) is 0 Å². The van der Waals surface area contributed by atoms with Crippen LogP contribution in [0.2, 0.25) is 0 Å². The molecule has 82 valence electrons. The van der Waals surface area contributed by atoms with Crippen LogP contribution in [0.15, 0.2) is 30.3 Å². The quantitative estimate of drug-likeness (QED) is 0.498. The zero-order chi connectivity index (χ0) is 10.3. The fourth-order valence-corrected chi connectivity index (χ4v) is 1.33. The van der Waals surface area contributed by atoms with Gasteiger partial charge in [0.1, 0.15) is 12.4 Å². The first-order chi connectivity index (χ1) is 7.45. The first-order valence-electron chi connectivity index (χ1n) is 5.43. The van der Waals surface area contributed by atoms with Crippen LogP contribution in [0, 0.1) is 0 Å². The number of hydrogen-bond donors (Lipinski definition) is 0. The Labute approximate surface area is 90.6 Å². The summed E-state index contributed by atoms with van der Waals surface area (Å²) in [6, 6.07) is 9.83. The van der Waals surface area contributed by atoms with Gasteiger partial charge in [0.05, 0.1) is 13.2 Å². The van der Waals surface area contributed by atoms with Crippen LogP contribution < -0.4 is 4.74 Å². The number of benzene rings is 1. The van der Waals surface area contributed by atoms with Crippen molar-refractivity contribution in [2.45, 2.75) is 0 Å². The molecule has 0 aromatic heterocycles. The first-order valence-corrected chi connectivity index (χ1v) is 5.43. The van der Waals surface area contributed by atoms with Crippen LogP contribution in [0.5, 0.6) is 5.75 Å². The number of rotatable bonds is 7. The summed E-state index contributed by atoms with van der Waals surface area (Å²) < 4.78 is 10.9. The summed E-state index contributed by atoms with van der Waals surface area (Å²) in [5.41, 5.74) is 0. The van der Waals surface area contributed by atoms with Gasteiger partial charge in [0.2, 0.25) is 0 Å². The molecule has 15 heavy (non-hydrogen) atoms. The monoisotopic (exact) mass is 207 g/mol. The van der Waals surface area contributed by atoms with Crippen molar-refractivity contribution in [3.05, 3.63) is 30.3 Å². The number of hydrogen-bond acceptors (Lipinski definition) is 3. The fourth-order valence-electron chi connectivity index (χ4n) is 1.33. The van der Waals surface area contributed by atoms with E-state index in [1.54, 1.807) is 0 Å². The summed E-state index contributed by atoms with van der Waals surface area (Å²) in [6.07, 6.45) is 0. The van der Waals surface area contributed by atoms with Crippen LogP contribution in [0.25, 0.3) is 0 Å². The predicted molar refractivity (Wildman–Crippen MR) is 59.2 cm³/mol. The second kappa shape index (κ2) is 5.73. The van der Waals surface area contributed by atoms with E-state index in [1.807, 2.05) is 30.3 Å². The highest BCUT2D eigenvalue weighted by Gasteiger charge is 2.15. The minimum Gasteiger partial charge on any atom is -0.491 e. The maximum atomic E-state index is 5.49. The molecular formula is C12H17NO2. The summed E-state index contributed by atoms with van der Waals surface area (Å²) in [7, 11) is 0. The lowest BCUT2D eigenvalue weighted by molar-refractivity contribution is 0.0953. The Balaban J connectivity index is 1.47. The number of ether oxygens (including phenoxy) is 2. The standard InChI is InChI=1S/C12H17NO2/c1-2-4-12(5-3-1)15-11-10-14-9-8-13-6-7-13/h1-5H,6-11H2. The fraction of sp³-hybridized carbons (Fsp3) is 0.500. The summed E-state index contributed by atoms with van der Waals surface area (Å²) in [5, 5.41) is 0. The lowest BCUT2D eigenvalue weighted by Crippen LogP contribution is -2.12. The molecule has 0 amide bonds. The molecule has 0 saturated carbocycles. The molecule has 1 aliphatic heterocycles. The van der Waals surface area contributed by atoms with Crippen molar-refractivity contribution in [2.24, 2.45) is 0 Å². The van der Waals surface area contributed by atoms with Gasteiger partial charge in [-0.1, -0.05) is 18.2 Å². The van der Waals surface area contributed by atoms with Gasteiger partial charge >= 0.3 is 0 Å². The molecule has 0 N–H and O–H groups in total. The molecule has 1 aromatic carbocycles.